The number of rotatable bonds is 3. The molecular formula is C13H13NOS. The van der Waals surface area contributed by atoms with Gasteiger partial charge >= 0.3 is 0 Å². The fourth-order valence-electron chi connectivity index (χ4n) is 1.50. The molecule has 0 bridgehead atoms. The fraction of sp³-hybridized carbons (Fsp3) is 0.231. The second kappa shape index (κ2) is 4.58. The van der Waals surface area contributed by atoms with Gasteiger partial charge in [0.05, 0.1) is 5.51 Å². The van der Waals surface area contributed by atoms with Crippen LogP contribution in [-0.4, -0.2) is 10.8 Å². The summed E-state index contributed by atoms with van der Waals surface area (Å²) in [5.41, 5.74) is 4.92. The van der Waals surface area contributed by atoms with Gasteiger partial charge in [0.25, 0.3) is 0 Å². The van der Waals surface area contributed by atoms with Crippen LogP contribution in [0.4, 0.5) is 0 Å². The molecule has 2 aromatic rings. The van der Waals surface area contributed by atoms with Gasteiger partial charge in [0.2, 0.25) is 0 Å². The first-order valence-corrected chi connectivity index (χ1v) is 6.02. The van der Waals surface area contributed by atoms with E-state index >= 15 is 0 Å². The maximum atomic E-state index is 12.0. The molecule has 0 aliphatic carbocycles. The number of ketones is 1. The first-order valence-electron chi connectivity index (χ1n) is 5.14. The van der Waals surface area contributed by atoms with Crippen LogP contribution < -0.4 is 0 Å². The molecule has 0 aliphatic rings. The molecule has 2 rings (SSSR count). The van der Waals surface area contributed by atoms with E-state index in [0.29, 0.717) is 6.42 Å². The molecule has 1 aromatic carbocycles. The lowest BCUT2D eigenvalue weighted by Gasteiger charge is -2.03. The highest BCUT2D eigenvalue weighted by Crippen LogP contribution is 2.14. The number of aromatic nitrogens is 1. The van der Waals surface area contributed by atoms with Crippen LogP contribution in [-0.2, 0) is 6.42 Å². The molecule has 0 spiro atoms. The fourth-order valence-corrected chi connectivity index (χ4v) is 2.10. The third-order valence-corrected chi connectivity index (χ3v) is 3.43. The lowest BCUT2D eigenvalue weighted by molar-refractivity contribution is 0.0993. The number of carbonyl (C=O) groups excluding carboxylic acids is 1. The number of hydrogen-bond donors (Lipinski definition) is 0. The van der Waals surface area contributed by atoms with Crippen molar-refractivity contribution >= 4 is 17.1 Å². The van der Waals surface area contributed by atoms with Crippen molar-refractivity contribution in [3.05, 3.63) is 51.5 Å². The first kappa shape index (κ1) is 11.0. The highest BCUT2D eigenvalue weighted by Gasteiger charge is 2.08. The first-order chi connectivity index (χ1) is 7.66. The molecule has 0 amide bonds. The Morgan fingerprint density at radius 3 is 2.75 bits per heavy atom. The zero-order valence-corrected chi connectivity index (χ0v) is 10.2. The van der Waals surface area contributed by atoms with Gasteiger partial charge in [-0.25, -0.2) is 0 Å². The van der Waals surface area contributed by atoms with Crippen molar-refractivity contribution in [2.75, 3.05) is 0 Å². The molecule has 0 unspecified atom stereocenters. The van der Waals surface area contributed by atoms with Gasteiger partial charge in [0, 0.05) is 23.1 Å². The van der Waals surface area contributed by atoms with E-state index < -0.39 is 0 Å². The molecule has 82 valence electrons. The maximum absolute atomic E-state index is 12.0. The molecule has 0 N–H and O–H groups in total. The van der Waals surface area contributed by atoms with Crippen LogP contribution in [0.1, 0.15) is 26.4 Å². The highest BCUT2D eigenvalue weighted by atomic mass is 32.1. The van der Waals surface area contributed by atoms with Gasteiger partial charge in [-0.3, -0.25) is 9.78 Å². The smallest absolute Gasteiger partial charge is 0.168 e. The van der Waals surface area contributed by atoms with Gasteiger partial charge in [-0.1, -0.05) is 12.1 Å². The van der Waals surface area contributed by atoms with Crippen molar-refractivity contribution in [3.63, 3.8) is 0 Å². The monoisotopic (exact) mass is 231 g/mol. The van der Waals surface area contributed by atoms with Crippen molar-refractivity contribution in [2.24, 2.45) is 0 Å². The minimum Gasteiger partial charge on any atom is -0.294 e. The lowest BCUT2D eigenvalue weighted by Crippen LogP contribution is -2.02. The molecule has 0 saturated heterocycles. The standard InChI is InChI=1S/C13H13NOS/c1-9-3-4-11(5-10(9)2)13(15)6-12-7-14-8-16-12/h3-5,7-8H,6H2,1-2H3. The van der Waals surface area contributed by atoms with E-state index in [4.69, 9.17) is 0 Å². The second-order valence-electron chi connectivity index (χ2n) is 3.87. The third kappa shape index (κ3) is 2.36. The van der Waals surface area contributed by atoms with E-state index in [1.807, 2.05) is 32.0 Å². The number of hydrogen-bond acceptors (Lipinski definition) is 3. The highest BCUT2D eigenvalue weighted by molar-refractivity contribution is 7.09. The minimum atomic E-state index is 0.160. The SMILES string of the molecule is Cc1ccc(C(=O)Cc2cncs2)cc1C. The van der Waals surface area contributed by atoms with Crippen molar-refractivity contribution in [1.82, 2.24) is 4.98 Å². The number of carbonyl (C=O) groups is 1. The Morgan fingerprint density at radius 1 is 1.31 bits per heavy atom. The number of thiazole rings is 1. The second-order valence-corrected chi connectivity index (χ2v) is 4.84. The number of nitrogens with zero attached hydrogens (tertiary/aromatic N) is 1. The minimum absolute atomic E-state index is 0.160. The Hall–Kier alpha value is -1.48. The summed E-state index contributed by atoms with van der Waals surface area (Å²) >= 11 is 1.52. The van der Waals surface area contributed by atoms with Crippen molar-refractivity contribution in [1.29, 1.82) is 0 Å². The van der Waals surface area contributed by atoms with Crippen molar-refractivity contribution in [2.45, 2.75) is 20.3 Å². The quantitative estimate of drug-likeness (QED) is 0.759. The topological polar surface area (TPSA) is 30.0 Å². The van der Waals surface area contributed by atoms with Crippen molar-refractivity contribution < 1.29 is 4.79 Å². The summed E-state index contributed by atoms with van der Waals surface area (Å²) in [6.45, 7) is 4.07. The molecule has 1 aromatic heterocycles. The van der Waals surface area contributed by atoms with E-state index in [0.717, 1.165) is 16.0 Å². The summed E-state index contributed by atoms with van der Waals surface area (Å²) in [6, 6.07) is 5.85. The van der Waals surface area contributed by atoms with Gasteiger partial charge in [-0.2, -0.15) is 0 Å². The average Bonchev–Trinajstić information content (AvgIpc) is 2.74. The van der Waals surface area contributed by atoms with Crippen LogP contribution in [0.25, 0.3) is 0 Å². The zero-order valence-electron chi connectivity index (χ0n) is 9.36. The molecule has 0 aliphatic heterocycles. The molecule has 1 heterocycles. The van der Waals surface area contributed by atoms with Crippen LogP contribution in [0.3, 0.4) is 0 Å². The van der Waals surface area contributed by atoms with Gasteiger partial charge in [0.1, 0.15) is 0 Å². The Labute approximate surface area is 99.0 Å². The number of benzene rings is 1. The summed E-state index contributed by atoms with van der Waals surface area (Å²) < 4.78 is 0. The predicted octanol–water partition coefficient (Wildman–Crippen LogP) is 3.19. The largest absolute Gasteiger partial charge is 0.294 e. The van der Waals surface area contributed by atoms with E-state index in [1.54, 1.807) is 11.7 Å². The zero-order chi connectivity index (χ0) is 11.5. The van der Waals surface area contributed by atoms with Gasteiger partial charge in [0.15, 0.2) is 5.78 Å². The Bertz CT molecular complexity index is 503. The van der Waals surface area contributed by atoms with E-state index in [1.165, 1.54) is 16.9 Å². The van der Waals surface area contributed by atoms with Crippen LogP contribution in [0, 0.1) is 13.8 Å². The molecule has 3 heteroatoms. The summed E-state index contributed by atoms with van der Waals surface area (Å²) in [5.74, 6) is 0.160. The molecule has 0 saturated carbocycles. The average molecular weight is 231 g/mol. The van der Waals surface area contributed by atoms with Gasteiger partial charge < -0.3 is 0 Å². The maximum Gasteiger partial charge on any atom is 0.168 e. The van der Waals surface area contributed by atoms with E-state index in [2.05, 4.69) is 4.98 Å². The molecule has 0 fully saturated rings. The summed E-state index contributed by atoms with van der Waals surface area (Å²) in [4.78, 5) is 16.9. The normalized spacial score (nSPS) is 10.4. The Balaban J connectivity index is 2.18. The Morgan fingerprint density at radius 2 is 2.12 bits per heavy atom. The molecule has 0 atom stereocenters. The molecule has 0 radical (unpaired) electrons. The third-order valence-electron chi connectivity index (χ3n) is 2.65. The van der Waals surface area contributed by atoms with E-state index in [9.17, 15) is 4.79 Å². The Kier molecular flexibility index (Phi) is 3.15. The van der Waals surface area contributed by atoms with Crippen LogP contribution in [0.15, 0.2) is 29.9 Å². The molecule has 2 nitrogen and oxygen atoms in total. The summed E-state index contributed by atoms with van der Waals surface area (Å²) in [5, 5.41) is 0. The number of aryl methyl sites for hydroxylation is 2. The molecular weight excluding hydrogens is 218 g/mol. The van der Waals surface area contributed by atoms with Gasteiger partial charge in [-0.05, 0) is 31.0 Å². The summed E-state index contributed by atoms with van der Waals surface area (Å²) in [6.07, 6.45) is 2.21. The summed E-state index contributed by atoms with van der Waals surface area (Å²) in [7, 11) is 0. The van der Waals surface area contributed by atoms with Crippen LogP contribution >= 0.6 is 11.3 Å². The van der Waals surface area contributed by atoms with E-state index in [-0.39, 0.29) is 5.78 Å². The molecule has 16 heavy (non-hydrogen) atoms. The van der Waals surface area contributed by atoms with Crippen molar-refractivity contribution in [3.8, 4) is 0 Å². The van der Waals surface area contributed by atoms with Crippen LogP contribution in [0.2, 0.25) is 0 Å². The lowest BCUT2D eigenvalue weighted by atomic mass is 10.0. The number of Topliss-reactive ketones (excluding diaryl/α,β-unsaturated/α-hetero) is 1. The van der Waals surface area contributed by atoms with Gasteiger partial charge in [-0.15, -0.1) is 11.3 Å². The van der Waals surface area contributed by atoms with Crippen LogP contribution in [0.5, 0.6) is 0 Å². The predicted molar refractivity (Wildman–Crippen MR) is 66.1 cm³/mol.